The Morgan fingerprint density at radius 1 is 0.879 bits per heavy atom. The summed E-state index contributed by atoms with van der Waals surface area (Å²) in [6.07, 6.45) is 1.80. The Kier molecular flexibility index (Phi) is 6.73. The minimum absolute atomic E-state index is 0.121. The molecule has 1 amide bonds. The molecular weight excluding hydrogens is 438 g/mol. The molecule has 3 aromatic rings. The number of carbonyl (C=O) groups is 1. The van der Waals surface area contributed by atoms with Crippen molar-refractivity contribution in [3.63, 3.8) is 0 Å². The predicted molar refractivity (Wildman–Crippen MR) is 128 cm³/mol. The highest BCUT2D eigenvalue weighted by Gasteiger charge is 2.25. The molecular formula is C23H27N7O2S. The maximum atomic E-state index is 13.0. The summed E-state index contributed by atoms with van der Waals surface area (Å²) >= 11 is 1.44. The van der Waals surface area contributed by atoms with Gasteiger partial charge in [-0.1, -0.05) is 36.0 Å². The van der Waals surface area contributed by atoms with E-state index in [2.05, 4.69) is 25.0 Å². The summed E-state index contributed by atoms with van der Waals surface area (Å²) in [6.45, 7) is 5.86. The molecule has 172 valence electrons. The highest BCUT2D eigenvalue weighted by molar-refractivity contribution is 7.99. The highest BCUT2D eigenvalue weighted by atomic mass is 32.2. The zero-order chi connectivity index (χ0) is 22.5. The molecule has 0 unspecified atom stereocenters. The molecule has 0 aliphatic carbocycles. The molecule has 0 bridgehead atoms. The van der Waals surface area contributed by atoms with Crippen LogP contribution in [0, 0.1) is 0 Å². The maximum Gasteiger partial charge on any atom is 0.233 e. The molecule has 4 heterocycles. The van der Waals surface area contributed by atoms with E-state index in [0.29, 0.717) is 32.1 Å². The molecule has 0 spiro atoms. The van der Waals surface area contributed by atoms with Gasteiger partial charge in [0.1, 0.15) is 5.82 Å². The minimum atomic E-state index is 0.121. The minimum Gasteiger partial charge on any atom is -0.378 e. The molecule has 9 nitrogen and oxygen atoms in total. The second-order valence-corrected chi connectivity index (χ2v) is 8.84. The second kappa shape index (κ2) is 10.2. The Morgan fingerprint density at radius 3 is 2.36 bits per heavy atom. The average Bonchev–Trinajstić information content (AvgIpc) is 3.33. The Bertz CT molecular complexity index is 1050. The Hall–Kier alpha value is -3.11. The van der Waals surface area contributed by atoms with E-state index in [-0.39, 0.29) is 5.91 Å². The smallest absolute Gasteiger partial charge is 0.233 e. The van der Waals surface area contributed by atoms with Crippen LogP contribution in [0.3, 0.4) is 0 Å². The van der Waals surface area contributed by atoms with Crippen molar-refractivity contribution in [1.29, 1.82) is 0 Å². The fourth-order valence-electron chi connectivity index (χ4n) is 4.07. The van der Waals surface area contributed by atoms with Crippen molar-refractivity contribution < 1.29 is 9.53 Å². The number of morpholine rings is 1. The molecule has 2 saturated heterocycles. The maximum absolute atomic E-state index is 13.0. The number of hydrogen-bond acceptors (Lipinski definition) is 8. The number of rotatable bonds is 6. The predicted octanol–water partition coefficient (Wildman–Crippen LogP) is 1.94. The van der Waals surface area contributed by atoms with Crippen molar-refractivity contribution in [1.82, 2.24) is 24.6 Å². The Balaban J connectivity index is 1.25. The fraction of sp³-hybridized carbons (Fsp3) is 0.391. The van der Waals surface area contributed by atoms with E-state index in [4.69, 9.17) is 4.74 Å². The van der Waals surface area contributed by atoms with Gasteiger partial charge in [0.2, 0.25) is 11.9 Å². The molecule has 0 N–H and O–H groups in total. The van der Waals surface area contributed by atoms with Gasteiger partial charge in [-0.2, -0.15) is 0 Å². The lowest BCUT2D eigenvalue weighted by molar-refractivity contribution is -0.128. The lowest BCUT2D eigenvalue weighted by Gasteiger charge is -2.35. The van der Waals surface area contributed by atoms with Gasteiger partial charge in [0.05, 0.1) is 24.7 Å². The van der Waals surface area contributed by atoms with E-state index in [0.717, 1.165) is 48.8 Å². The number of piperazine rings is 1. The Morgan fingerprint density at radius 2 is 1.64 bits per heavy atom. The SMILES string of the molecule is O=C(CSc1nnc(N2CCOCC2)n1-c1ccccc1)N1CCN(c2ccccn2)CC1. The second-order valence-electron chi connectivity index (χ2n) is 7.90. The van der Waals surface area contributed by atoms with Crippen LogP contribution in [-0.4, -0.2) is 88.8 Å². The lowest BCUT2D eigenvalue weighted by Crippen LogP contribution is -2.49. The number of anilines is 2. The van der Waals surface area contributed by atoms with Crippen LogP contribution in [0.4, 0.5) is 11.8 Å². The summed E-state index contributed by atoms with van der Waals surface area (Å²) < 4.78 is 7.54. The van der Waals surface area contributed by atoms with Gasteiger partial charge in [-0.05, 0) is 24.3 Å². The van der Waals surface area contributed by atoms with E-state index < -0.39 is 0 Å². The van der Waals surface area contributed by atoms with E-state index in [1.807, 2.05) is 58.0 Å². The van der Waals surface area contributed by atoms with Crippen LogP contribution in [0.2, 0.25) is 0 Å². The van der Waals surface area contributed by atoms with Gasteiger partial charge in [-0.3, -0.25) is 9.36 Å². The normalized spacial score (nSPS) is 16.8. The number of ether oxygens (including phenoxy) is 1. The number of nitrogens with zero attached hydrogens (tertiary/aromatic N) is 7. The number of carbonyl (C=O) groups excluding carboxylic acids is 1. The highest BCUT2D eigenvalue weighted by Crippen LogP contribution is 2.27. The van der Waals surface area contributed by atoms with E-state index in [9.17, 15) is 4.79 Å². The number of pyridine rings is 1. The van der Waals surface area contributed by atoms with Gasteiger partial charge in [0.15, 0.2) is 5.16 Å². The molecule has 2 aliphatic heterocycles. The molecule has 2 aromatic heterocycles. The standard InChI is InChI=1S/C23H27N7O2S/c31-21(28-12-10-27(11-13-28)20-8-4-5-9-24-20)18-33-23-26-25-22(29-14-16-32-17-15-29)30(23)19-6-2-1-3-7-19/h1-9H,10-18H2. The molecule has 5 rings (SSSR count). The van der Waals surface area contributed by atoms with Gasteiger partial charge < -0.3 is 19.4 Å². The summed E-state index contributed by atoms with van der Waals surface area (Å²) in [7, 11) is 0. The van der Waals surface area contributed by atoms with Crippen molar-refractivity contribution in [2.45, 2.75) is 5.16 Å². The van der Waals surface area contributed by atoms with Gasteiger partial charge >= 0.3 is 0 Å². The number of para-hydroxylation sites is 1. The first-order chi connectivity index (χ1) is 16.3. The van der Waals surface area contributed by atoms with Crippen LogP contribution >= 0.6 is 11.8 Å². The largest absolute Gasteiger partial charge is 0.378 e. The molecule has 1 aromatic carbocycles. The summed E-state index contributed by atoms with van der Waals surface area (Å²) in [5.41, 5.74) is 0.989. The van der Waals surface area contributed by atoms with E-state index >= 15 is 0 Å². The van der Waals surface area contributed by atoms with Crippen LogP contribution in [0.25, 0.3) is 5.69 Å². The zero-order valence-electron chi connectivity index (χ0n) is 18.4. The van der Waals surface area contributed by atoms with E-state index in [1.165, 1.54) is 11.8 Å². The summed E-state index contributed by atoms with van der Waals surface area (Å²) in [5.74, 6) is 2.21. The topological polar surface area (TPSA) is 79.6 Å². The monoisotopic (exact) mass is 465 g/mol. The van der Waals surface area contributed by atoms with Crippen molar-refractivity contribution in [2.24, 2.45) is 0 Å². The van der Waals surface area contributed by atoms with Crippen LogP contribution < -0.4 is 9.80 Å². The third kappa shape index (κ3) is 4.96. The molecule has 0 radical (unpaired) electrons. The number of benzene rings is 1. The zero-order valence-corrected chi connectivity index (χ0v) is 19.2. The first-order valence-electron chi connectivity index (χ1n) is 11.2. The quantitative estimate of drug-likeness (QED) is 0.511. The summed E-state index contributed by atoms with van der Waals surface area (Å²) in [5, 5.41) is 9.64. The number of aromatic nitrogens is 4. The summed E-state index contributed by atoms with van der Waals surface area (Å²) in [4.78, 5) is 23.7. The average molecular weight is 466 g/mol. The fourth-order valence-corrected chi connectivity index (χ4v) is 4.92. The number of hydrogen-bond donors (Lipinski definition) is 0. The van der Waals surface area contributed by atoms with Crippen LogP contribution in [0.1, 0.15) is 0 Å². The Labute approximate surface area is 197 Å². The van der Waals surface area contributed by atoms with Crippen molar-refractivity contribution in [3.8, 4) is 5.69 Å². The lowest BCUT2D eigenvalue weighted by atomic mass is 10.3. The van der Waals surface area contributed by atoms with Crippen molar-refractivity contribution >= 4 is 29.4 Å². The van der Waals surface area contributed by atoms with Crippen LogP contribution in [0.15, 0.2) is 59.9 Å². The van der Waals surface area contributed by atoms with E-state index in [1.54, 1.807) is 6.20 Å². The van der Waals surface area contributed by atoms with Gasteiger partial charge in [0, 0.05) is 45.5 Å². The van der Waals surface area contributed by atoms with Crippen molar-refractivity contribution in [2.75, 3.05) is 68.0 Å². The molecule has 33 heavy (non-hydrogen) atoms. The van der Waals surface area contributed by atoms with Gasteiger partial charge in [-0.25, -0.2) is 4.98 Å². The molecule has 0 saturated carbocycles. The van der Waals surface area contributed by atoms with Gasteiger partial charge in [0.25, 0.3) is 0 Å². The molecule has 2 aliphatic rings. The number of amides is 1. The van der Waals surface area contributed by atoms with Gasteiger partial charge in [-0.15, -0.1) is 10.2 Å². The first-order valence-corrected chi connectivity index (χ1v) is 12.2. The number of thioether (sulfide) groups is 1. The molecule has 0 atom stereocenters. The van der Waals surface area contributed by atoms with Crippen molar-refractivity contribution in [3.05, 3.63) is 54.7 Å². The van der Waals surface area contributed by atoms with Crippen LogP contribution in [0.5, 0.6) is 0 Å². The molecule has 10 heteroatoms. The molecule has 2 fully saturated rings. The third-order valence-corrected chi connectivity index (χ3v) is 6.77. The third-order valence-electron chi connectivity index (χ3n) is 5.85. The summed E-state index contributed by atoms with van der Waals surface area (Å²) in [6, 6.07) is 16.0. The van der Waals surface area contributed by atoms with Crippen LogP contribution in [-0.2, 0) is 9.53 Å². The first kappa shape index (κ1) is 21.7.